The quantitative estimate of drug-likeness (QED) is 0.882. The van der Waals surface area contributed by atoms with Crippen molar-refractivity contribution in [2.24, 2.45) is 0 Å². The maximum absolute atomic E-state index is 12.6. The van der Waals surface area contributed by atoms with Gasteiger partial charge in [-0.05, 0) is 51.9 Å². The number of rotatable bonds is 4. The minimum absolute atomic E-state index is 0.177. The third-order valence-electron chi connectivity index (χ3n) is 3.74. The smallest absolute Gasteiger partial charge is 0.270 e. The van der Waals surface area contributed by atoms with E-state index in [4.69, 9.17) is 0 Å². The third kappa shape index (κ3) is 2.58. The molecular weight excluding hydrogens is 226 g/mol. The fraction of sp³-hybridized carbons (Fsp3) is 0.643. The van der Waals surface area contributed by atoms with Crippen molar-refractivity contribution in [2.45, 2.75) is 39.3 Å². The first-order valence-electron chi connectivity index (χ1n) is 6.94. The Kier molecular flexibility index (Phi) is 4.42. The fourth-order valence-electron chi connectivity index (χ4n) is 2.72. The van der Waals surface area contributed by atoms with Gasteiger partial charge in [-0.3, -0.25) is 4.79 Å². The van der Waals surface area contributed by atoms with E-state index >= 15 is 0 Å². The van der Waals surface area contributed by atoms with Gasteiger partial charge in [0.25, 0.3) is 5.91 Å². The first-order chi connectivity index (χ1) is 8.77. The predicted molar refractivity (Wildman–Crippen MR) is 72.7 cm³/mol. The zero-order valence-corrected chi connectivity index (χ0v) is 11.4. The normalized spacial score (nSPS) is 16.8. The van der Waals surface area contributed by atoms with Crippen molar-refractivity contribution < 1.29 is 4.79 Å². The largest absolute Gasteiger partial charge is 0.344 e. The van der Waals surface area contributed by atoms with E-state index in [1.807, 2.05) is 27.8 Å². The van der Waals surface area contributed by atoms with Gasteiger partial charge in [0.1, 0.15) is 5.69 Å². The molecule has 100 valence electrons. The monoisotopic (exact) mass is 249 g/mol. The molecule has 2 heterocycles. The lowest BCUT2D eigenvalue weighted by Crippen LogP contribution is -2.46. The summed E-state index contributed by atoms with van der Waals surface area (Å²) in [6.07, 6.45) is 4.10. The molecular formula is C14H23N3O. The lowest BCUT2D eigenvalue weighted by atomic mass is 10.0. The number of carbonyl (C=O) groups is 1. The van der Waals surface area contributed by atoms with Crippen LogP contribution in [0.25, 0.3) is 0 Å². The number of nitrogens with one attached hydrogen (secondary N) is 1. The molecule has 0 bridgehead atoms. The number of hydrogen-bond donors (Lipinski definition) is 1. The van der Waals surface area contributed by atoms with Crippen LogP contribution in [0.2, 0.25) is 0 Å². The van der Waals surface area contributed by atoms with Crippen LogP contribution in [-0.4, -0.2) is 41.1 Å². The summed E-state index contributed by atoms with van der Waals surface area (Å²) >= 11 is 0. The highest BCUT2D eigenvalue weighted by Crippen LogP contribution is 2.16. The molecule has 1 aromatic heterocycles. The van der Waals surface area contributed by atoms with E-state index in [1.54, 1.807) is 0 Å². The second-order valence-corrected chi connectivity index (χ2v) is 4.75. The Balaban J connectivity index is 2.14. The standard InChI is InChI=1S/C14H23N3O/c1-3-16-11-5-6-13(16)14(18)17(4-2)12-7-9-15-10-8-12/h5-6,11-12,15H,3-4,7-10H2,1-2H3. The second kappa shape index (κ2) is 6.05. The van der Waals surface area contributed by atoms with Crippen LogP contribution in [-0.2, 0) is 6.54 Å². The topological polar surface area (TPSA) is 37.3 Å². The second-order valence-electron chi connectivity index (χ2n) is 4.75. The summed E-state index contributed by atoms with van der Waals surface area (Å²) in [6.45, 7) is 7.81. The van der Waals surface area contributed by atoms with Crippen LogP contribution in [0.1, 0.15) is 37.2 Å². The van der Waals surface area contributed by atoms with Crippen LogP contribution < -0.4 is 5.32 Å². The van der Waals surface area contributed by atoms with Gasteiger partial charge < -0.3 is 14.8 Å². The number of piperidine rings is 1. The number of hydrogen-bond acceptors (Lipinski definition) is 2. The molecule has 0 unspecified atom stereocenters. The Hall–Kier alpha value is -1.29. The van der Waals surface area contributed by atoms with E-state index < -0.39 is 0 Å². The SMILES string of the molecule is CCN(C(=O)c1cccn1CC)C1CCNCC1. The minimum atomic E-state index is 0.177. The predicted octanol–water partition coefficient (Wildman–Crippen LogP) is 1.72. The Morgan fingerprint density at radius 2 is 2.17 bits per heavy atom. The zero-order chi connectivity index (χ0) is 13.0. The lowest BCUT2D eigenvalue weighted by molar-refractivity contribution is 0.0645. The summed E-state index contributed by atoms with van der Waals surface area (Å²) < 4.78 is 2.02. The average molecular weight is 249 g/mol. The van der Waals surface area contributed by atoms with E-state index in [1.165, 1.54) is 0 Å². The summed E-state index contributed by atoms with van der Waals surface area (Å²) in [6, 6.07) is 4.27. The van der Waals surface area contributed by atoms with Gasteiger partial charge in [-0.15, -0.1) is 0 Å². The summed E-state index contributed by atoms with van der Waals surface area (Å²) in [7, 11) is 0. The molecule has 0 aliphatic carbocycles. The highest BCUT2D eigenvalue weighted by Gasteiger charge is 2.26. The Labute approximate surface area is 109 Å². The first-order valence-corrected chi connectivity index (χ1v) is 6.94. The molecule has 4 heteroatoms. The van der Waals surface area contributed by atoms with Crippen molar-refractivity contribution in [3.05, 3.63) is 24.0 Å². The van der Waals surface area contributed by atoms with E-state index in [-0.39, 0.29) is 5.91 Å². The zero-order valence-electron chi connectivity index (χ0n) is 11.4. The summed E-state index contributed by atoms with van der Waals surface area (Å²) in [5.41, 5.74) is 0.817. The van der Waals surface area contributed by atoms with Crippen LogP contribution in [0.5, 0.6) is 0 Å². The molecule has 0 atom stereocenters. The summed E-state index contributed by atoms with van der Waals surface area (Å²) in [5.74, 6) is 0.177. The van der Waals surface area contributed by atoms with Crippen LogP contribution in [0, 0.1) is 0 Å². The molecule has 1 amide bonds. The van der Waals surface area contributed by atoms with Gasteiger partial charge in [-0.2, -0.15) is 0 Å². The van der Waals surface area contributed by atoms with Crippen molar-refractivity contribution in [3.63, 3.8) is 0 Å². The lowest BCUT2D eigenvalue weighted by Gasteiger charge is -2.34. The van der Waals surface area contributed by atoms with Crippen molar-refractivity contribution in [1.82, 2.24) is 14.8 Å². The van der Waals surface area contributed by atoms with Gasteiger partial charge in [0.15, 0.2) is 0 Å². The van der Waals surface area contributed by atoms with Gasteiger partial charge in [0, 0.05) is 25.3 Å². The van der Waals surface area contributed by atoms with E-state index in [2.05, 4.69) is 19.2 Å². The Bertz CT molecular complexity index is 393. The molecule has 0 saturated carbocycles. The maximum atomic E-state index is 12.6. The molecule has 1 aromatic rings. The Morgan fingerprint density at radius 1 is 1.44 bits per heavy atom. The summed E-state index contributed by atoms with van der Waals surface area (Å²) in [4.78, 5) is 14.6. The highest BCUT2D eigenvalue weighted by atomic mass is 16.2. The molecule has 1 N–H and O–H groups in total. The minimum Gasteiger partial charge on any atom is -0.344 e. The molecule has 0 radical (unpaired) electrons. The van der Waals surface area contributed by atoms with Gasteiger partial charge >= 0.3 is 0 Å². The van der Waals surface area contributed by atoms with Gasteiger partial charge in [-0.1, -0.05) is 0 Å². The van der Waals surface area contributed by atoms with E-state index in [9.17, 15) is 4.79 Å². The third-order valence-corrected chi connectivity index (χ3v) is 3.74. The molecule has 0 spiro atoms. The van der Waals surface area contributed by atoms with Crippen LogP contribution in [0.4, 0.5) is 0 Å². The number of carbonyl (C=O) groups excluding carboxylic acids is 1. The molecule has 2 rings (SSSR count). The Morgan fingerprint density at radius 3 is 2.78 bits per heavy atom. The summed E-state index contributed by atoms with van der Waals surface area (Å²) in [5, 5.41) is 3.35. The number of aryl methyl sites for hydroxylation is 1. The molecule has 1 saturated heterocycles. The van der Waals surface area contributed by atoms with Crippen molar-refractivity contribution in [1.29, 1.82) is 0 Å². The molecule has 1 fully saturated rings. The van der Waals surface area contributed by atoms with Gasteiger partial charge in [0.2, 0.25) is 0 Å². The molecule has 0 aromatic carbocycles. The van der Waals surface area contributed by atoms with Crippen molar-refractivity contribution in [3.8, 4) is 0 Å². The maximum Gasteiger partial charge on any atom is 0.270 e. The average Bonchev–Trinajstić information content (AvgIpc) is 2.89. The van der Waals surface area contributed by atoms with E-state index in [0.29, 0.717) is 6.04 Å². The van der Waals surface area contributed by atoms with Crippen molar-refractivity contribution in [2.75, 3.05) is 19.6 Å². The van der Waals surface area contributed by atoms with Gasteiger partial charge in [-0.25, -0.2) is 0 Å². The molecule has 1 aliphatic rings. The number of nitrogens with zero attached hydrogens (tertiary/aromatic N) is 2. The fourth-order valence-corrected chi connectivity index (χ4v) is 2.72. The van der Waals surface area contributed by atoms with Gasteiger partial charge in [0.05, 0.1) is 0 Å². The van der Waals surface area contributed by atoms with E-state index in [0.717, 1.165) is 44.7 Å². The molecule has 4 nitrogen and oxygen atoms in total. The number of aromatic nitrogens is 1. The van der Waals surface area contributed by atoms with Crippen LogP contribution >= 0.6 is 0 Å². The highest BCUT2D eigenvalue weighted by molar-refractivity contribution is 5.93. The molecule has 1 aliphatic heterocycles. The number of amides is 1. The van der Waals surface area contributed by atoms with Crippen molar-refractivity contribution >= 4 is 5.91 Å². The van der Waals surface area contributed by atoms with Crippen LogP contribution in [0.15, 0.2) is 18.3 Å². The first kappa shape index (κ1) is 13.1. The van der Waals surface area contributed by atoms with Crippen LogP contribution in [0.3, 0.4) is 0 Å². The molecule has 18 heavy (non-hydrogen) atoms.